The van der Waals surface area contributed by atoms with Crippen LogP contribution in [0.15, 0.2) is 51.8 Å². The number of nitrogens with zero attached hydrogens (tertiary/aromatic N) is 2. The normalized spacial score (nSPS) is 17.3. The van der Waals surface area contributed by atoms with Crippen molar-refractivity contribution in [1.29, 1.82) is 0 Å². The molecule has 8 nitrogen and oxygen atoms in total. The second-order valence-corrected chi connectivity index (χ2v) is 9.72. The van der Waals surface area contributed by atoms with Gasteiger partial charge in [0.05, 0.1) is 31.3 Å². The lowest BCUT2D eigenvalue weighted by Crippen LogP contribution is -2.43. The van der Waals surface area contributed by atoms with Crippen LogP contribution in [0.1, 0.15) is 18.1 Å². The molecule has 2 aromatic carbocycles. The average Bonchev–Trinajstić information content (AvgIpc) is 3.12. The molecule has 2 aliphatic rings. The molecule has 184 valence electrons. The molecular formula is C25H25BrN2O6S. The Morgan fingerprint density at radius 3 is 2.54 bits per heavy atom. The first kappa shape index (κ1) is 25.3. The third kappa shape index (κ3) is 6.45. The van der Waals surface area contributed by atoms with Crippen molar-refractivity contribution < 1.29 is 28.6 Å². The summed E-state index contributed by atoms with van der Waals surface area (Å²) in [6, 6.07) is 12.7. The highest BCUT2D eigenvalue weighted by atomic mass is 79.9. The quantitative estimate of drug-likeness (QED) is 0.444. The van der Waals surface area contributed by atoms with Crippen LogP contribution in [-0.2, 0) is 20.9 Å². The maximum atomic E-state index is 12.9. The standard InChI is InChI=1S/C25H25BrN2O6S/c1-2-33-21-13-18(5-8-20(21)34-16-23(29)27-9-11-32-12-10-27)14-22-24(30)28(25(31)35-22)15-17-3-6-19(26)7-4-17/h3-8,13-14H,2,9-12,15-16H2,1H3/b22-14-. The Bertz CT molecular complexity index is 1130. The minimum absolute atomic E-state index is 0.103. The van der Waals surface area contributed by atoms with Crippen LogP contribution in [0.25, 0.3) is 6.08 Å². The fraction of sp³-hybridized carbons (Fsp3) is 0.320. The summed E-state index contributed by atoms with van der Waals surface area (Å²) in [5, 5.41) is -0.309. The molecule has 0 unspecified atom stereocenters. The molecule has 3 amide bonds. The Kier molecular flexibility index (Phi) is 8.48. The van der Waals surface area contributed by atoms with Gasteiger partial charge in [0, 0.05) is 17.6 Å². The summed E-state index contributed by atoms with van der Waals surface area (Å²) in [4.78, 5) is 41.1. The van der Waals surface area contributed by atoms with Gasteiger partial charge in [-0.25, -0.2) is 0 Å². The second-order valence-electron chi connectivity index (χ2n) is 7.82. The molecule has 35 heavy (non-hydrogen) atoms. The van der Waals surface area contributed by atoms with Crippen LogP contribution in [0.3, 0.4) is 0 Å². The molecule has 2 aromatic rings. The van der Waals surface area contributed by atoms with Crippen molar-refractivity contribution in [1.82, 2.24) is 9.80 Å². The van der Waals surface area contributed by atoms with E-state index in [0.29, 0.717) is 54.9 Å². The van der Waals surface area contributed by atoms with Gasteiger partial charge in [0.25, 0.3) is 17.1 Å². The Morgan fingerprint density at radius 2 is 1.83 bits per heavy atom. The lowest BCUT2D eigenvalue weighted by Gasteiger charge is -2.26. The molecule has 0 spiro atoms. The van der Waals surface area contributed by atoms with E-state index in [9.17, 15) is 14.4 Å². The molecule has 2 fully saturated rings. The highest BCUT2D eigenvalue weighted by Gasteiger charge is 2.35. The number of ether oxygens (including phenoxy) is 3. The van der Waals surface area contributed by atoms with Crippen LogP contribution in [-0.4, -0.2) is 66.4 Å². The van der Waals surface area contributed by atoms with Gasteiger partial charge in [-0.1, -0.05) is 34.1 Å². The minimum Gasteiger partial charge on any atom is -0.490 e. The fourth-order valence-electron chi connectivity index (χ4n) is 3.61. The predicted molar refractivity (Wildman–Crippen MR) is 136 cm³/mol. The monoisotopic (exact) mass is 560 g/mol. The van der Waals surface area contributed by atoms with Gasteiger partial charge >= 0.3 is 0 Å². The SMILES string of the molecule is CCOc1cc(/C=C2\SC(=O)N(Cc3ccc(Br)cc3)C2=O)ccc1OCC(=O)N1CCOCC1. The van der Waals surface area contributed by atoms with E-state index in [1.807, 2.05) is 31.2 Å². The average molecular weight is 561 g/mol. The number of carbonyl (C=O) groups is 3. The number of morpholine rings is 1. The van der Waals surface area contributed by atoms with E-state index in [1.165, 1.54) is 4.90 Å². The molecule has 2 saturated heterocycles. The van der Waals surface area contributed by atoms with Gasteiger partial charge in [-0.15, -0.1) is 0 Å². The molecular weight excluding hydrogens is 536 g/mol. The zero-order valence-electron chi connectivity index (χ0n) is 19.2. The van der Waals surface area contributed by atoms with Gasteiger partial charge in [0.15, 0.2) is 18.1 Å². The van der Waals surface area contributed by atoms with Crippen LogP contribution in [0.4, 0.5) is 4.79 Å². The summed E-state index contributed by atoms with van der Waals surface area (Å²) in [7, 11) is 0. The molecule has 2 heterocycles. The number of amides is 3. The third-order valence-electron chi connectivity index (χ3n) is 5.41. The van der Waals surface area contributed by atoms with Crippen molar-refractivity contribution in [2.45, 2.75) is 13.5 Å². The van der Waals surface area contributed by atoms with Gasteiger partial charge in [0.1, 0.15) is 0 Å². The van der Waals surface area contributed by atoms with E-state index in [2.05, 4.69) is 15.9 Å². The van der Waals surface area contributed by atoms with E-state index in [-0.39, 0.29) is 30.2 Å². The second kappa shape index (κ2) is 11.7. The van der Waals surface area contributed by atoms with Crippen LogP contribution >= 0.6 is 27.7 Å². The first-order valence-corrected chi connectivity index (χ1v) is 12.8. The van der Waals surface area contributed by atoms with E-state index in [4.69, 9.17) is 14.2 Å². The molecule has 0 atom stereocenters. The Labute approximate surface area is 216 Å². The predicted octanol–water partition coefficient (Wildman–Crippen LogP) is 4.32. The number of carbonyl (C=O) groups excluding carboxylic acids is 3. The number of benzene rings is 2. The topological polar surface area (TPSA) is 85.4 Å². The highest BCUT2D eigenvalue weighted by Crippen LogP contribution is 2.35. The van der Waals surface area contributed by atoms with Crippen LogP contribution in [0.5, 0.6) is 11.5 Å². The zero-order chi connectivity index (χ0) is 24.8. The van der Waals surface area contributed by atoms with Gasteiger partial charge < -0.3 is 19.1 Å². The lowest BCUT2D eigenvalue weighted by molar-refractivity contribution is -0.137. The molecule has 10 heteroatoms. The van der Waals surface area contributed by atoms with Crippen molar-refractivity contribution in [3.63, 3.8) is 0 Å². The van der Waals surface area contributed by atoms with Crippen LogP contribution in [0.2, 0.25) is 0 Å². The number of imide groups is 1. The van der Waals surface area contributed by atoms with Crippen molar-refractivity contribution in [2.24, 2.45) is 0 Å². The van der Waals surface area contributed by atoms with Crippen molar-refractivity contribution in [2.75, 3.05) is 39.5 Å². The summed E-state index contributed by atoms with van der Waals surface area (Å²) < 4.78 is 17.7. The maximum Gasteiger partial charge on any atom is 0.293 e. The van der Waals surface area contributed by atoms with Crippen LogP contribution < -0.4 is 9.47 Å². The van der Waals surface area contributed by atoms with Gasteiger partial charge in [-0.05, 0) is 60.2 Å². The first-order valence-electron chi connectivity index (χ1n) is 11.2. The summed E-state index contributed by atoms with van der Waals surface area (Å²) >= 11 is 4.29. The molecule has 0 aliphatic carbocycles. The summed E-state index contributed by atoms with van der Waals surface area (Å²) in [6.07, 6.45) is 1.66. The van der Waals surface area contributed by atoms with E-state index >= 15 is 0 Å². The number of halogens is 1. The summed E-state index contributed by atoms with van der Waals surface area (Å²) in [6.45, 7) is 4.52. The Balaban J connectivity index is 1.45. The van der Waals surface area contributed by atoms with Gasteiger partial charge in [-0.3, -0.25) is 19.3 Å². The fourth-order valence-corrected chi connectivity index (χ4v) is 4.71. The molecule has 2 aliphatic heterocycles. The number of thioether (sulfide) groups is 1. The maximum absolute atomic E-state index is 12.9. The van der Waals surface area contributed by atoms with E-state index in [0.717, 1.165) is 21.8 Å². The molecule has 4 rings (SSSR count). The molecule has 0 radical (unpaired) electrons. The van der Waals surface area contributed by atoms with Crippen molar-refractivity contribution in [3.8, 4) is 11.5 Å². The smallest absolute Gasteiger partial charge is 0.293 e. The zero-order valence-corrected chi connectivity index (χ0v) is 21.6. The Morgan fingerprint density at radius 1 is 1.09 bits per heavy atom. The summed E-state index contributed by atoms with van der Waals surface area (Å²) in [5.41, 5.74) is 1.55. The number of rotatable bonds is 8. The number of hydrogen-bond donors (Lipinski definition) is 0. The summed E-state index contributed by atoms with van der Waals surface area (Å²) in [5.74, 6) is 0.454. The first-order chi connectivity index (χ1) is 16.9. The highest BCUT2D eigenvalue weighted by molar-refractivity contribution is 9.10. The molecule has 0 bridgehead atoms. The van der Waals surface area contributed by atoms with Crippen LogP contribution in [0, 0.1) is 0 Å². The van der Waals surface area contributed by atoms with E-state index in [1.54, 1.807) is 29.2 Å². The van der Waals surface area contributed by atoms with E-state index < -0.39 is 0 Å². The van der Waals surface area contributed by atoms with Gasteiger partial charge in [-0.2, -0.15) is 0 Å². The Hall–Kier alpha value is -2.82. The molecule has 0 aromatic heterocycles. The van der Waals surface area contributed by atoms with Crippen molar-refractivity contribution >= 4 is 50.8 Å². The molecule has 0 saturated carbocycles. The number of hydrogen-bond acceptors (Lipinski definition) is 7. The third-order valence-corrected chi connectivity index (χ3v) is 6.84. The van der Waals surface area contributed by atoms with Gasteiger partial charge in [0.2, 0.25) is 0 Å². The van der Waals surface area contributed by atoms with Crippen molar-refractivity contribution in [3.05, 3.63) is 63.0 Å². The largest absolute Gasteiger partial charge is 0.490 e. The minimum atomic E-state index is -0.336. The molecule has 0 N–H and O–H groups in total. The lowest BCUT2D eigenvalue weighted by atomic mass is 10.1.